The molecule has 4 amide bonds. The minimum absolute atomic E-state index is 0.0910. The molecule has 0 bridgehead atoms. The maximum Gasteiger partial charge on any atom is 0.407 e. The molecule has 0 spiro atoms. The van der Waals surface area contributed by atoms with E-state index in [9.17, 15) is 19.2 Å². The molecule has 11 rings (SSSR count). The van der Waals surface area contributed by atoms with Crippen molar-refractivity contribution in [2.45, 2.75) is 91.0 Å². The van der Waals surface area contributed by atoms with Crippen LogP contribution < -0.4 is 16.0 Å². The number of aryl methyl sites for hydroxylation is 1. The molecule has 2 fully saturated rings. The number of methoxy groups -OCH3 is 2. The Balaban J connectivity index is 0.748. The molecule has 5 N–H and O–H groups in total. The second-order valence-electron chi connectivity index (χ2n) is 21.2. The molecule has 0 radical (unpaired) electrons. The Bertz CT molecular complexity index is 3590. The number of H-pyrrole nitrogens is 2. The lowest BCUT2D eigenvalue weighted by Gasteiger charge is -2.32. The molecule has 6 aromatic carbocycles. The summed E-state index contributed by atoms with van der Waals surface area (Å²) in [6.07, 6.45) is 1.09. The van der Waals surface area contributed by atoms with Gasteiger partial charge >= 0.3 is 12.2 Å². The number of aromatic nitrogens is 4. The number of nitrogens with one attached hydrogen (secondary N) is 5. The van der Waals surface area contributed by atoms with Gasteiger partial charge in [-0.3, -0.25) is 9.59 Å². The number of benzene rings is 6. The van der Waals surface area contributed by atoms with Gasteiger partial charge in [0.05, 0.1) is 48.4 Å². The molecular formula is C60H62N8O6. The van der Waals surface area contributed by atoms with Gasteiger partial charge in [0.15, 0.2) is 0 Å². The normalized spacial score (nSPS) is 19.8. The van der Waals surface area contributed by atoms with E-state index in [1.165, 1.54) is 19.8 Å². The van der Waals surface area contributed by atoms with Gasteiger partial charge in [-0.2, -0.15) is 0 Å². The van der Waals surface area contributed by atoms with E-state index in [1.807, 2.05) is 45.6 Å². The molecule has 7 atom stereocenters. The van der Waals surface area contributed by atoms with Gasteiger partial charge < -0.3 is 40.3 Å². The number of aromatic amines is 2. The van der Waals surface area contributed by atoms with Crippen molar-refractivity contribution in [1.82, 2.24) is 40.8 Å². The molecule has 74 heavy (non-hydrogen) atoms. The van der Waals surface area contributed by atoms with E-state index in [0.29, 0.717) is 18.3 Å². The van der Waals surface area contributed by atoms with Gasteiger partial charge in [-0.05, 0) is 158 Å². The summed E-state index contributed by atoms with van der Waals surface area (Å²) in [7, 11) is 2.60. The summed E-state index contributed by atoms with van der Waals surface area (Å²) in [5.41, 5.74) is 12.7. The highest BCUT2D eigenvalue weighted by Crippen LogP contribution is 2.57. The maximum atomic E-state index is 14.1. The van der Waals surface area contributed by atoms with Crippen molar-refractivity contribution in [3.63, 3.8) is 0 Å². The molecule has 378 valence electrons. The van der Waals surface area contributed by atoms with Gasteiger partial charge in [0.2, 0.25) is 11.8 Å². The summed E-state index contributed by atoms with van der Waals surface area (Å²) in [6.45, 7) is 11.9. The van der Waals surface area contributed by atoms with Crippen LogP contribution in [0.4, 0.5) is 9.59 Å². The number of alkyl carbamates (subject to hydrolysis) is 2. The molecule has 8 aromatic rings. The molecule has 14 nitrogen and oxygen atoms in total. The van der Waals surface area contributed by atoms with Crippen LogP contribution >= 0.6 is 0 Å². The van der Waals surface area contributed by atoms with Crippen LogP contribution in [-0.2, 0) is 25.5 Å². The molecule has 1 aliphatic heterocycles. The molecule has 2 aliphatic carbocycles. The lowest BCUT2D eigenvalue weighted by atomic mass is 9.95. The number of fused-ring (bicyclic) bond motifs is 5. The number of hydrogen-bond donors (Lipinski definition) is 5. The molecule has 3 aliphatic rings. The van der Waals surface area contributed by atoms with E-state index >= 15 is 0 Å². The third kappa shape index (κ3) is 9.11. The van der Waals surface area contributed by atoms with Gasteiger partial charge in [0.1, 0.15) is 23.7 Å². The van der Waals surface area contributed by atoms with Crippen LogP contribution in [0, 0.1) is 23.7 Å². The van der Waals surface area contributed by atoms with E-state index in [2.05, 4.69) is 136 Å². The van der Waals surface area contributed by atoms with Crippen molar-refractivity contribution >= 4 is 67.6 Å². The number of hydrogen-bond acceptors (Lipinski definition) is 8. The first-order chi connectivity index (χ1) is 35.7. The number of carbonyl (C=O) groups excluding carboxylic acids is 4. The second kappa shape index (κ2) is 19.1. The van der Waals surface area contributed by atoms with Crippen molar-refractivity contribution in [3.8, 4) is 33.4 Å². The third-order valence-corrected chi connectivity index (χ3v) is 15.9. The molecule has 2 aromatic heterocycles. The van der Waals surface area contributed by atoms with Crippen LogP contribution in [0.3, 0.4) is 0 Å². The minimum Gasteiger partial charge on any atom is -0.453 e. The van der Waals surface area contributed by atoms with Crippen LogP contribution in [0.15, 0.2) is 120 Å². The van der Waals surface area contributed by atoms with Gasteiger partial charge in [-0.25, -0.2) is 19.6 Å². The summed E-state index contributed by atoms with van der Waals surface area (Å²) in [6, 6.07) is 37.6. The SMILES string of the molecule is COC(=O)N[C@H](C(=O)N[C@@H]1C(C)=C1CCc1nc2ccc(-c3ccc4cc(-c5ccc6cc(-c7ccc8nc([C@@H]9C[C@H]%10[C@@H](C)[C@H]%10N9C(=O)[C@@H](NC(=O)OC)C(C)C)[nH]c8c7)ccc6c5)ccc4c3)cc2[nH]1)C(C)C. The largest absolute Gasteiger partial charge is 0.453 e. The van der Waals surface area contributed by atoms with Crippen LogP contribution in [0.5, 0.6) is 0 Å². The van der Waals surface area contributed by atoms with Crippen LogP contribution in [0.25, 0.3) is 77.0 Å². The average molecular weight is 991 g/mol. The first kappa shape index (κ1) is 48.3. The Labute approximate surface area is 429 Å². The lowest BCUT2D eigenvalue weighted by Crippen LogP contribution is -2.52. The van der Waals surface area contributed by atoms with E-state index in [4.69, 9.17) is 19.4 Å². The van der Waals surface area contributed by atoms with Crippen molar-refractivity contribution in [2.75, 3.05) is 14.2 Å². The predicted octanol–water partition coefficient (Wildman–Crippen LogP) is 11.2. The van der Waals surface area contributed by atoms with E-state index < -0.39 is 24.3 Å². The predicted molar refractivity (Wildman–Crippen MR) is 289 cm³/mol. The highest BCUT2D eigenvalue weighted by atomic mass is 16.5. The Hall–Kier alpha value is -8.00. The molecule has 1 saturated heterocycles. The lowest BCUT2D eigenvalue weighted by molar-refractivity contribution is -0.137. The van der Waals surface area contributed by atoms with E-state index in [1.54, 1.807) is 0 Å². The average Bonchev–Trinajstić information content (AvgIpc) is 3.87. The fourth-order valence-electron chi connectivity index (χ4n) is 11.4. The van der Waals surface area contributed by atoms with Gasteiger partial charge in [-0.15, -0.1) is 0 Å². The first-order valence-corrected chi connectivity index (χ1v) is 25.7. The Morgan fingerprint density at radius 1 is 0.635 bits per heavy atom. The van der Waals surface area contributed by atoms with Crippen molar-refractivity contribution in [2.24, 2.45) is 23.7 Å². The number of ether oxygens (including phenoxy) is 2. The second-order valence-corrected chi connectivity index (χ2v) is 21.2. The Kier molecular flexibility index (Phi) is 12.5. The molecular weight excluding hydrogens is 929 g/mol. The highest BCUT2D eigenvalue weighted by Gasteiger charge is 2.61. The minimum atomic E-state index is -0.690. The number of imidazole rings is 2. The molecule has 0 unspecified atom stereocenters. The summed E-state index contributed by atoms with van der Waals surface area (Å²) >= 11 is 0. The highest BCUT2D eigenvalue weighted by molar-refractivity contribution is 5.96. The van der Waals surface area contributed by atoms with Crippen LogP contribution in [0.1, 0.15) is 72.1 Å². The molecule has 1 saturated carbocycles. The summed E-state index contributed by atoms with van der Waals surface area (Å²) in [5, 5.41) is 13.1. The summed E-state index contributed by atoms with van der Waals surface area (Å²) in [5.74, 6) is 1.98. The number of carbonyl (C=O) groups is 4. The Morgan fingerprint density at radius 3 is 1.62 bits per heavy atom. The topological polar surface area (TPSA) is 183 Å². The zero-order valence-electron chi connectivity index (χ0n) is 43.0. The van der Waals surface area contributed by atoms with Gasteiger partial charge in [0, 0.05) is 12.5 Å². The fourth-order valence-corrected chi connectivity index (χ4v) is 11.4. The van der Waals surface area contributed by atoms with E-state index in [0.717, 1.165) is 107 Å². The first-order valence-electron chi connectivity index (χ1n) is 25.7. The zero-order valence-corrected chi connectivity index (χ0v) is 43.0. The van der Waals surface area contributed by atoms with Crippen molar-refractivity contribution in [1.29, 1.82) is 0 Å². The number of nitrogens with zero attached hydrogens (tertiary/aromatic N) is 3. The van der Waals surface area contributed by atoms with Crippen molar-refractivity contribution < 1.29 is 28.7 Å². The Morgan fingerprint density at radius 2 is 1.11 bits per heavy atom. The smallest absolute Gasteiger partial charge is 0.407 e. The number of rotatable bonds is 14. The zero-order chi connectivity index (χ0) is 51.7. The molecule has 14 heteroatoms. The summed E-state index contributed by atoms with van der Waals surface area (Å²) < 4.78 is 9.57. The summed E-state index contributed by atoms with van der Waals surface area (Å²) in [4.78, 5) is 70.1. The van der Waals surface area contributed by atoms with Crippen LogP contribution in [-0.4, -0.2) is 87.2 Å². The van der Waals surface area contributed by atoms with Gasteiger partial charge in [0.25, 0.3) is 0 Å². The van der Waals surface area contributed by atoms with Crippen molar-refractivity contribution in [3.05, 3.63) is 132 Å². The molecule has 3 heterocycles. The monoisotopic (exact) mass is 990 g/mol. The number of piperidine rings is 1. The van der Waals surface area contributed by atoms with Crippen LogP contribution in [0.2, 0.25) is 0 Å². The number of likely N-dealkylation sites (tertiary alicyclic amines) is 1. The fraction of sp³-hybridized carbons (Fsp3) is 0.333. The standard InChI is InChI=1S/C60H62N8O6/c1-30(2)52(66-59(71)73-7)57(69)65-54-32(5)44(54)19-22-51-61-46-20-17-42(27-48(46)62-51)40-15-13-36-23-34(9-11-38(36)25-40)35-10-12-39-26-41(16-14-37(39)24-35)43-18-21-47-49(28-43)64-56(63-47)50-29-45-33(6)55(45)68(50)58(70)53(31(3)4)67-60(72)74-8/h9-18,20-21,23-28,30-31,33,45,50,52-55H,19,22,29H2,1-8H3,(H,61,62)(H,63,64)(H,65,69)(H,66,71)(H,67,72)/t33-,45+,50+,52+,53+,54-,55-/m1/s1. The van der Waals surface area contributed by atoms with E-state index in [-0.39, 0.29) is 41.8 Å². The quantitative estimate of drug-likeness (QED) is 0.0667. The number of amides is 4. The van der Waals surface area contributed by atoms with Gasteiger partial charge in [-0.1, -0.05) is 95.3 Å². The third-order valence-electron chi connectivity index (χ3n) is 15.9. The maximum absolute atomic E-state index is 14.1.